The van der Waals surface area contributed by atoms with Crippen molar-refractivity contribution in [3.8, 4) is 0 Å². The molecule has 1 atom stereocenters. The van der Waals surface area contributed by atoms with Crippen LogP contribution in [0.25, 0.3) is 0 Å². The van der Waals surface area contributed by atoms with E-state index in [-0.39, 0.29) is 13.0 Å². The molecular formula is C5H8ClNO4S. The molecule has 0 spiro atoms. The van der Waals surface area contributed by atoms with Gasteiger partial charge >= 0.3 is 6.09 Å². The Hall–Kier alpha value is -0.490. The molecule has 1 aliphatic heterocycles. The maximum Gasteiger partial charge on any atom is 0.408 e. The second kappa shape index (κ2) is 3.10. The van der Waals surface area contributed by atoms with Crippen molar-refractivity contribution in [1.29, 1.82) is 0 Å². The summed E-state index contributed by atoms with van der Waals surface area (Å²) in [4.78, 5) is 11.3. The standard InChI is InChI=1S/C5H8ClNO4S/c6-12(10,11)4-2-1-3-7(4)5(8)9/h4H,1-3H2,(H,8,9). The molecule has 0 aromatic rings. The molecule has 1 heterocycles. The average Bonchev–Trinajstić information content (AvgIpc) is 2.30. The van der Waals surface area contributed by atoms with E-state index in [2.05, 4.69) is 0 Å². The van der Waals surface area contributed by atoms with E-state index >= 15 is 0 Å². The molecule has 1 amide bonds. The number of halogens is 1. The molecule has 1 fully saturated rings. The summed E-state index contributed by atoms with van der Waals surface area (Å²) in [5.41, 5.74) is 0. The predicted octanol–water partition coefficient (Wildman–Crippen LogP) is 0.655. The molecule has 0 saturated carbocycles. The van der Waals surface area contributed by atoms with Crippen LogP contribution in [-0.2, 0) is 9.05 Å². The van der Waals surface area contributed by atoms with E-state index in [1.807, 2.05) is 0 Å². The molecule has 0 radical (unpaired) electrons. The second-order valence-electron chi connectivity index (χ2n) is 2.55. The van der Waals surface area contributed by atoms with Crippen LogP contribution < -0.4 is 0 Å². The third-order valence-corrected chi connectivity index (χ3v) is 3.53. The van der Waals surface area contributed by atoms with Crippen molar-refractivity contribution in [1.82, 2.24) is 4.90 Å². The smallest absolute Gasteiger partial charge is 0.408 e. The van der Waals surface area contributed by atoms with Crippen LogP contribution in [-0.4, -0.2) is 36.4 Å². The number of rotatable bonds is 1. The zero-order chi connectivity index (χ0) is 9.35. The van der Waals surface area contributed by atoms with Gasteiger partial charge in [0.1, 0.15) is 0 Å². The summed E-state index contributed by atoms with van der Waals surface area (Å²) < 4.78 is 21.6. The zero-order valence-electron chi connectivity index (χ0n) is 6.10. The number of hydrogen-bond donors (Lipinski definition) is 1. The van der Waals surface area contributed by atoms with Gasteiger partial charge in [0, 0.05) is 17.2 Å². The van der Waals surface area contributed by atoms with E-state index in [1.165, 1.54) is 0 Å². The van der Waals surface area contributed by atoms with Gasteiger partial charge in [0.05, 0.1) is 0 Å². The molecule has 0 aromatic carbocycles. The first-order chi connectivity index (χ1) is 5.43. The monoisotopic (exact) mass is 213 g/mol. The summed E-state index contributed by atoms with van der Waals surface area (Å²) in [6.07, 6.45) is -0.400. The summed E-state index contributed by atoms with van der Waals surface area (Å²) in [6, 6.07) is 0. The fourth-order valence-electron chi connectivity index (χ4n) is 1.25. The maximum atomic E-state index is 10.8. The molecule has 0 bridgehead atoms. The molecule has 7 heteroatoms. The lowest BCUT2D eigenvalue weighted by Gasteiger charge is -2.17. The van der Waals surface area contributed by atoms with Crippen molar-refractivity contribution in [2.75, 3.05) is 6.54 Å². The molecule has 1 aliphatic rings. The third kappa shape index (κ3) is 1.81. The predicted molar refractivity (Wildman–Crippen MR) is 42.5 cm³/mol. The van der Waals surface area contributed by atoms with Crippen LogP contribution in [0, 0.1) is 0 Å². The Balaban J connectivity index is 2.85. The minimum atomic E-state index is -3.78. The first-order valence-corrected chi connectivity index (χ1v) is 5.73. The van der Waals surface area contributed by atoms with Crippen LogP contribution >= 0.6 is 10.7 Å². The summed E-state index contributed by atoms with van der Waals surface area (Å²) in [6.45, 7) is 0.242. The molecule has 1 N–H and O–H groups in total. The number of likely N-dealkylation sites (tertiary alicyclic amines) is 1. The summed E-state index contributed by atoms with van der Waals surface area (Å²) in [5, 5.41) is 7.49. The van der Waals surface area contributed by atoms with Gasteiger partial charge in [0.2, 0.25) is 0 Å². The minimum absolute atomic E-state index is 0.242. The molecular weight excluding hydrogens is 206 g/mol. The number of amides is 1. The van der Waals surface area contributed by atoms with E-state index in [0.29, 0.717) is 6.42 Å². The van der Waals surface area contributed by atoms with E-state index in [9.17, 15) is 13.2 Å². The summed E-state index contributed by atoms with van der Waals surface area (Å²) >= 11 is 0. The molecule has 5 nitrogen and oxygen atoms in total. The highest BCUT2D eigenvalue weighted by atomic mass is 35.7. The molecule has 1 rings (SSSR count). The SMILES string of the molecule is O=C(O)N1CCCC1S(=O)(=O)Cl. The van der Waals surface area contributed by atoms with Crippen LogP contribution in [0.4, 0.5) is 4.79 Å². The van der Waals surface area contributed by atoms with Gasteiger partial charge in [-0.2, -0.15) is 0 Å². The largest absolute Gasteiger partial charge is 0.465 e. The lowest BCUT2D eigenvalue weighted by atomic mass is 10.4. The zero-order valence-corrected chi connectivity index (χ0v) is 7.68. The Morgan fingerprint density at radius 3 is 2.50 bits per heavy atom. The van der Waals surface area contributed by atoms with Crippen LogP contribution in [0.1, 0.15) is 12.8 Å². The quantitative estimate of drug-likeness (QED) is 0.650. The molecule has 70 valence electrons. The minimum Gasteiger partial charge on any atom is -0.465 e. The highest BCUT2D eigenvalue weighted by Crippen LogP contribution is 2.24. The first-order valence-electron chi connectivity index (χ1n) is 3.36. The van der Waals surface area contributed by atoms with Crippen molar-refractivity contribution >= 4 is 25.8 Å². The first kappa shape index (κ1) is 9.60. The van der Waals surface area contributed by atoms with Gasteiger partial charge in [-0.1, -0.05) is 0 Å². The highest BCUT2D eigenvalue weighted by Gasteiger charge is 2.37. The number of hydrogen-bond acceptors (Lipinski definition) is 3. The van der Waals surface area contributed by atoms with Gasteiger partial charge in [0.25, 0.3) is 9.05 Å². The van der Waals surface area contributed by atoms with Crippen molar-refractivity contribution in [3.05, 3.63) is 0 Å². The molecule has 1 unspecified atom stereocenters. The van der Waals surface area contributed by atoms with Crippen molar-refractivity contribution in [3.63, 3.8) is 0 Å². The van der Waals surface area contributed by atoms with E-state index in [4.69, 9.17) is 15.8 Å². The van der Waals surface area contributed by atoms with Crippen LogP contribution in [0.2, 0.25) is 0 Å². The van der Waals surface area contributed by atoms with Gasteiger partial charge in [0.15, 0.2) is 5.37 Å². The molecule has 1 saturated heterocycles. The van der Waals surface area contributed by atoms with Gasteiger partial charge < -0.3 is 5.11 Å². The number of carbonyl (C=O) groups is 1. The fourth-order valence-corrected chi connectivity index (χ4v) is 2.75. The molecule has 0 aliphatic carbocycles. The van der Waals surface area contributed by atoms with Crippen LogP contribution in [0.5, 0.6) is 0 Å². The Morgan fingerprint density at radius 2 is 2.17 bits per heavy atom. The van der Waals surface area contributed by atoms with E-state index in [0.717, 1.165) is 4.90 Å². The van der Waals surface area contributed by atoms with Gasteiger partial charge in [-0.25, -0.2) is 13.2 Å². The Labute approximate surface area is 74.3 Å². The lowest BCUT2D eigenvalue weighted by molar-refractivity contribution is 0.151. The Kier molecular flexibility index (Phi) is 2.48. The maximum absolute atomic E-state index is 10.8. The van der Waals surface area contributed by atoms with Crippen LogP contribution in [0.3, 0.4) is 0 Å². The summed E-state index contributed by atoms with van der Waals surface area (Å²) in [7, 11) is 1.27. The second-order valence-corrected chi connectivity index (χ2v) is 5.33. The van der Waals surface area contributed by atoms with E-state index in [1.54, 1.807) is 0 Å². The van der Waals surface area contributed by atoms with Gasteiger partial charge in [-0.3, -0.25) is 4.90 Å². The van der Waals surface area contributed by atoms with Crippen molar-refractivity contribution in [2.45, 2.75) is 18.2 Å². The van der Waals surface area contributed by atoms with Crippen molar-refractivity contribution < 1.29 is 18.3 Å². The average molecular weight is 214 g/mol. The van der Waals surface area contributed by atoms with Gasteiger partial charge in [-0.15, -0.1) is 0 Å². The van der Waals surface area contributed by atoms with E-state index < -0.39 is 20.5 Å². The van der Waals surface area contributed by atoms with Crippen LogP contribution in [0.15, 0.2) is 0 Å². The lowest BCUT2D eigenvalue weighted by Crippen LogP contribution is -2.37. The van der Waals surface area contributed by atoms with Crippen molar-refractivity contribution in [2.24, 2.45) is 0 Å². The Bertz CT molecular complexity index is 288. The fraction of sp³-hybridized carbons (Fsp3) is 0.800. The molecule has 0 aromatic heterocycles. The topological polar surface area (TPSA) is 74.7 Å². The number of carboxylic acid groups (broad SMARTS) is 1. The normalized spacial score (nSPS) is 24.4. The van der Waals surface area contributed by atoms with Gasteiger partial charge in [-0.05, 0) is 12.8 Å². The third-order valence-electron chi connectivity index (χ3n) is 1.77. The number of nitrogens with zero attached hydrogens (tertiary/aromatic N) is 1. The molecule has 12 heavy (non-hydrogen) atoms. The highest BCUT2D eigenvalue weighted by molar-refractivity contribution is 8.14. The Morgan fingerprint density at radius 1 is 1.58 bits per heavy atom. The summed E-state index contributed by atoms with van der Waals surface area (Å²) in [5.74, 6) is 0.